The second-order valence-electron chi connectivity index (χ2n) is 6.73. The number of nitrogens with zero attached hydrogens (tertiary/aromatic N) is 2. The molecule has 2 heterocycles. The number of rotatable bonds is 4. The van der Waals surface area contributed by atoms with E-state index in [9.17, 15) is 4.79 Å². The summed E-state index contributed by atoms with van der Waals surface area (Å²) in [5.74, 6) is 0. The highest BCUT2D eigenvalue weighted by Crippen LogP contribution is 2.37. The first-order chi connectivity index (χ1) is 9.71. The van der Waals surface area contributed by atoms with Crippen LogP contribution in [0.1, 0.15) is 27.0 Å². The standard InChI is InChI=1S/C14H24N2O4Si/c1-14(2,3)21(4,5)19-10-12-18-9-11(20-12)16-8-6-7-15-13(16)17/h6-8,11-12H,9-10H2,1-5H3. The first kappa shape index (κ1) is 16.3. The topological polar surface area (TPSA) is 62.6 Å². The normalized spacial score (nSPS) is 23.5. The lowest BCUT2D eigenvalue weighted by atomic mass is 10.2. The Labute approximate surface area is 126 Å². The van der Waals surface area contributed by atoms with Gasteiger partial charge < -0.3 is 13.9 Å². The summed E-state index contributed by atoms with van der Waals surface area (Å²) in [6.45, 7) is 11.7. The molecule has 6 nitrogen and oxygen atoms in total. The predicted octanol–water partition coefficient (Wildman–Crippen LogP) is 2.14. The minimum Gasteiger partial charge on any atom is -0.412 e. The zero-order valence-corrected chi connectivity index (χ0v) is 14.3. The van der Waals surface area contributed by atoms with Crippen LogP contribution in [0, 0.1) is 0 Å². The Balaban J connectivity index is 1.92. The zero-order valence-electron chi connectivity index (χ0n) is 13.3. The van der Waals surface area contributed by atoms with E-state index < -0.39 is 20.8 Å². The first-order valence-corrected chi connectivity index (χ1v) is 10.1. The molecule has 0 amide bonds. The van der Waals surface area contributed by atoms with E-state index in [1.54, 1.807) is 12.3 Å². The lowest BCUT2D eigenvalue weighted by Gasteiger charge is -2.36. The van der Waals surface area contributed by atoms with Gasteiger partial charge in [0.15, 0.2) is 20.8 Å². The van der Waals surface area contributed by atoms with Gasteiger partial charge in [0.25, 0.3) is 0 Å². The van der Waals surface area contributed by atoms with Crippen LogP contribution in [0.2, 0.25) is 18.1 Å². The summed E-state index contributed by atoms with van der Waals surface area (Å²) in [6.07, 6.45) is 2.25. The van der Waals surface area contributed by atoms with Crippen LogP contribution >= 0.6 is 0 Å². The quantitative estimate of drug-likeness (QED) is 0.797. The summed E-state index contributed by atoms with van der Waals surface area (Å²) in [6, 6.07) is 1.70. The Morgan fingerprint density at radius 2 is 2.19 bits per heavy atom. The van der Waals surface area contributed by atoms with E-state index in [2.05, 4.69) is 38.8 Å². The van der Waals surface area contributed by atoms with Crippen molar-refractivity contribution in [3.63, 3.8) is 0 Å². The minimum absolute atomic E-state index is 0.144. The van der Waals surface area contributed by atoms with Crippen LogP contribution in [0.3, 0.4) is 0 Å². The van der Waals surface area contributed by atoms with Crippen molar-refractivity contribution < 1.29 is 13.9 Å². The molecule has 1 fully saturated rings. The maximum absolute atomic E-state index is 11.7. The first-order valence-electron chi connectivity index (χ1n) is 7.15. The molecule has 0 N–H and O–H groups in total. The highest BCUT2D eigenvalue weighted by Gasteiger charge is 2.39. The third-order valence-corrected chi connectivity index (χ3v) is 8.67. The summed E-state index contributed by atoms with van der Waals surface area (Å²) in [7, 11) is -1.83. The molecule has 0 saturated carbocycles. The Morgan fingerprint density at radius 1 is 1.48 bits per heavy atom. The van der Waals surface area contributed by atoms with Gasteiger partial charge in [0.2, 0.25) is 0 Å². The van der Waals surface area contributed by atoms with E-state index in [1.165, 1.54) is 10.8 Å². The van der Waals surface area contributed by atoms with Gasteiger partial charge in [0.1, 0.15) is 0 Å². The molecule has 1 aliphatic heterocycles. The van der Waals surface area contributed by atoms with Crippen LogP contribution in [0.4, 0.5) is 0 Å². The monoisotopic (exact) mass is 312 g/mol. The van der Waals surface area contributed by atoms with Crippen LogP contribution in [0.15, 0.2) is 23.3 Å². The molecule has 7 heteroatoms. The van der Waals surface area contributed by atoms with Crippen LogP contribution in [0.25, 0.3) is 0 Å². The van der Waals surface area contributed by atoms with Gasteiger partial charge in [-0.25, -0.2) is 9.78 Å². The van der Waals surface area contributed by atoms with Crippen LogP contribution in [-0.2, 0) is 13.9 Å². The minimum atomic E-state index is -1.83. The van der Waals surface area contributed by atoms with Gasteiger partial charge in [-0.05, 0) is 24.2 Å². The smallest absolute Gasteiger partial charge is 0.349 e. The van der Waals surface area contributed by atoms with Gasteiger partial charge in [-0.3, -0.25) is 4.57 Å². The third kappa shape index (κ3) is 3.79. The fourth-order valence-electron chi connectivity index (χ4n) is 1.76. The Morgan fingerprint density at radius 3 is 2.81 bits per heavy atom. The molecule has 0 radical (unpaired) electrons. The summed E-state index contributed by atoms with van der Waals surface area (Å²) in [4.78, 5) is 15.4. The van der Waals surface area contributed by atoms with E-state index in [0.717, 1.165) is 0 Å². The van der Waals surface area contributed by atoms with E-state index in [0.29, 0.717) is 13.2 Å². The predicted molar refractivity (Wildman–Crippen MR) is 81.5 cm³/mol. The SMILES string of the molecule is CC(C)(C)[Si](C)(C)OCC1OCC(n2cccnc2=O)O1. The summed E-state index contributed by atoms with van der Waals surface area (Å²) in [5.41, 5.74) is -0.336. The fourth-order valence-corrected chi connectivity index (χ4v) is 2.74. The van der Waals surface area contributed by atoms with Gasteiger partial charge in [-0.15, -0.1) is 0 Å². The number of hydrogen-bond donors (Lipinski definition) is 0. The van der Waals surface area contributed by atoms with E-state index in [-0.39, 0.29) is 10.7 Å². The maximum atomic E-state index is 11.7. The van der Waals surface area contributed by atoms with Crippen molar-refractivity contribution in [2.24, 2.45) is 0 Å². The Hall–Kier alpha value is -1.02. The van der Waals surface area contributed by atoms with Crippen molar-refractivity contribution in [1.82, 2.24) is 9.55 Å². The molecule has 1 saturated heterocycles. The molecule has 0 aromatic carbocycles. The van der Waals surface area contributed by atoms with Crippen molar-refractivity contribution >= 4 is 8.32 Å². The van der Waals surface area contributed by atoms with Crippen LogP contribution in [0.5, 0.6) is 0 Å². The highest BCUT2D eigenvalue weighted by atomic mass is 28.4. The molecule has 21 heavy (non-hydrogen) atoms. The molecular formula is C14H24N2O4Si. The number of ether oxygens (including phenoxy) is 2. The molecule has 1 aromatic heterocycles. The second kappa shape index (κ2) is 6.00. The summed E-state index contributed by atoms with van der Waals surface area (Å²) < 4.78 is 18.8. The average molecular weight is 312 g/mol. The van der Waals surface area contributed by atoms with E-state index in [4.69, 9.17) is 13.9 Å². The summed E-state index contributed by atoms with van der Waals surface area (Å²) >= 11 is 0. The van der Waals surface area contributed by atoms with Gasteiger partial charge in [-0.2, -0.15) is 0 Å². The van der Waals surface area contributed by atoms with Crippen molar-refractivity contribution in [2.45, 2.75) is 51.4 Å². The van der Waals surface area contributed by atoms with E-state index in [1.807, 2.05) is 0 Å². The lowest BCUT2D eigenvalue weighted by molar-refractivity contribution is -0.0962. The number of hydrogen-bond acceptors (Lipinski definition) is 5. The molecule has 118 valence electrons. The molecule has 0 spiro atoms. The van der Waals surface area contributed by atoms with Gasteiger partial charge in [0.05, 0.1) is 13.2 Å². The maximum Gasteiger partial charge on any atom is 0.349 e. The lowest BCUT2D eigenvalue weighted by Crippen LogP contribution is -2.42. The third-order valence-electron chi connectivity index (χ3n) is 4.17. The molecule has 1 aromatic rings. The molecule has 0 bridgehead atoms. The van der Waals surface area contributed by atoms with Crippen molar-refractivity contribution in [3.05, 3.63) is 28.9 Å². The molecular weight excluding hydrogens is 288 g/mol. The molecule has 2 atom stereocenters. The van der Waals surface area contributed by atoms with Gasteiger partial charge >= 0.3 is 5.69 Å². The van der Waals surface area contributed by atoms with E-state index >= 15 is 0 Å². The zero-order chi connectivity index (χ0) is 15.7. The molecule has 2 unspecified atom stereocenters. The van der Waals surface area contributed by atoms with Crippen molar-refractivity contribution in [2.75, 3.05) is 13.2 Å². The van der Waals surface area contributed by atoms with Gasteiger partial charge in [-0.1, -0.05) is 20.8 Å². The molecule has 0 aliphatic carbocycles. The largest absolute Gasteiger partial charge is 0.412 e. The van der Waals surface area contributed by atoms with Crippen LogP contribution < -0.4 is 5.69 Å². The Bertz CT molecular complexity index is 538. The average Bonchev–Trinajstić information content (AvgIpc) is 2.84. The fraction of sp³-hybridized carbons (Fsp3) is 0.714. The summed E-state index contributed by atoms with van der Waals surface area (Å²) in [5, 5.41) is 0.144. The number of aromatic nitrogens is 2. The highest BCUT2D eigenvalue weighted by molar-refractivity contribution is 6.74. The van der Waals surface area contributed by atoms with Crippen molar-refractivity contribution in [1.29, 1.82) is 0 Å². The molecule has 1 aliphatic rings. The van der Waals surface area contributed by atoms with Crippen molar-refractivity contribution in [3.8, 4) is 0 Å². The molecule has 2 rings (SSSR count). The second-order valence-corrected chi connectivity index (χ2v) is 11.5. The van der Waals surface area contributed by atoms with Crippen LogP contribution in [-0.4, -0.2) is 37.4 Å². The Kier molecular flexibility index (Phi) is 4.67. The van der Waals surface area contributed by atoms with Gasteiger partial charge in [0, 0.05) is 12.4 Å².